The van der Waals surface area contributed by atoms with Crippen LogP contribution in [0.5, 0.6) is 6.01 Å². The number of hydrogen-bond donors (Lipinski definition) is 1. The molecule has 0 fully saturated rings. The zero-order valence-electron chi connectivity index (χ0n) is 10.9. The third-order valence-corrected chi connectivity index (χ3v) is 2.90. The highest BCUT2D eigenvalue weighted by molar-refractivity contribution is 7.99. The van der Waals surface area contributed by atoms with Crippen LogP contribution < -0.4 is 10.1 Å². The average molecular weight is 256 g/mol. The van der Waals surface area contributed by atoms with Crippen molar-refractivity contribution in [3.63, 3.8) is 0 Å². The van der Waals surface area contributed by atoms with Gasteiger partial charge in [0.1, 0.15) is 0 Å². The summed E-state index contributed by atoms with van der Waals surface area (Å²) < 4.78 is 5.30. The Labute approximate surface area is 107 Å². The third-order valence-electron chi connectivity index (χ3n) is 2.02. The topological polar surface area (TPSA) is 59.9 Å². The second kappa shape index (κ2) is 7.32. The van der Waals surface area contributed by atoms with Crippen molar-refractivity contribution < 1.29 is 4.74 Å². The molecule has 0 saturated heterocycles. The largest absolute Gasteiger partial charge is 0.464 e. The number of anilines is 1. The van der Waals surface area contributed by atoms with E-state index in [0.29, 0.717) is 29.6 Å². The normalized spacial score (nSPS) is 10.6. The summed E-state index contributed by atoms with van der Waals surface area (Å²) in [7, 11) is 1.79. The second-order valence-electron chi connectivity index (χ2n) is 3.94. The van der Waals surface area contributed by atoms with Gasteiger partial charge in [-0.3, -0.25) is 0 Å². The van der Waals surface area contributed by atoms with Crippen molar-refractivity contribution in [3.05, 3.63) is 0 Å². The van der Waals surface area contributed by atoms with Crippen LogP contribution in [0.25, 0.3) is 0 Å². The molecule has 1 N–H and O–H groups in total. The summed E-state index contributed by atoms with van der Waals surface area (Å²) in [4.78, 5) is 12.6. The minimum Gasteiger partial charge on any atom is -0.464 e. The second-order valence-corrected chi connectivity index (χ2v) is 5.00. The Bertz CT molecular complexity index is 346. The molecule has 0 bridgehead atoms. The highest BCUT2D eigenvalue weighted by Gasteiger charge is 2.07. The molecule has 0 atom stereocenters. The first-order chi connectivity index (χ1) is 8.15. The Balaban J connectivity index is 2.66. The molecule has 0 unspecified atom stereocenters. The number of hydrogen-bond acceptors (Lipinski definition) is 6. The minimum absolute atomic E-state index is 0.388. The monoisotopic (exact) mass is 256 g/mol. The van der Waals surface area contributed by atoms with Crippen LogP contribution in [0, 0.1) is 5.92 Å². The molecule has 5 nitrogen and oxygen atoms in total. The maximum atomic E-state index is 5.30. The van der Waals surface area contributed by atoms with Gasteiger partial charge in [-0.1, -0.05) is 25.6 Å². The lowest BCUT2D eigenvalue weighted by Gasteiger charge is -2.07. The van der Waals surface area contributed by atoms with Crippen molar-refractivity contribution in [1.82, 2.24) is 15.0 Å². The summed E-state index contributed by atoms with van der Waals surface area (Å²) in [6.07, 6.45) is 1.15. The van der Waals surface area contributed by atoms with E-state index < -0.39 is 0 Å². The molecule has 0 radical (unpaired) electrons. The van der Waals surface area contributed by atoms with E-state index in [2.05, 4.69) is 34.1 Å². The van der Waals surface area contributed by atoms with Crippen LogP contribution >= 0.6 is 11.8 Å². The number of thioether (sulfide) groups is 1. The van der Waals surface area contributed by atoms with E-state index in [0.717, 1.165) is 12.2 Å². The number of nitrogens with zero attached hydrogens (tertiary/aromatic N) is 3. The number of aromatic nitrogens is 3. The highest BCUT2D eigenvalue weighted by Crippen LogP contribution is 2.19. The van der Waals surface area contributed by atoms with Crippen molar-refractivity contribution in [2.75, 3.05) is 24.7 Å². The molecule has 0 aliphatic heterocycles. The number of rotatable bonds is 7. The van der Waals surface area contributed by atoms with Crippen molar-refractivity contribution in [1.29, 1.82) is 0 Å². The van der Waals surface area contributed by atoms with E-state index >= 15 is 0 Å². The van der Waals surface area contributed by atoms with Crippen molar-refractivity contribution in [2.45, 2.75) is 32.3 Å². The first-order valence-electron chi connectivity index (χ1n) is 5.85. The molecule has 1 rings (SSSR count). The Hall–Kier alpha value is -1.04. The van der Waals surface area contributed by atoms with Gasteiger partial charge in [0.05, 0.1) is 6.61 Å². The van der Waals surface area contributed by atoms with Crippen molar-refractivity contribution in [3.8, 4) is 6.01 Å². The third kappa shape index (κ3) is 5.21. The number of nitrogens with one attached hydrogen (secondary N) is 1. The van der Waals surface area contributed by atoms with Gasteiger partial charge in [0.2, 0.25) is 5.95 Å². The SMILES string of the molecule is CCOc1nc(NC)nc(SCCC(C)C)n1. The van der Waals surface area contributed by atoms with Gasteiger partial charge in [0.15, 0.2) is 5.16 Å². The van der Waals surface area contributed by atoms with Gasteiger partial charge in [0, 0.05) is 12.8 Å². The lowest BCUT2D eigenvalue weighted by atomic mass is 10.2. The molecule has 17 heavy (non-hydrogen) atoms. The maximum absolute atomic E-state index is 5.30. The van der Waals surface area contributed by atoms with Gasteiger partial charge in [0.25, 0.3) is 0 Å². The summed E-state index contributed by atoms with van der Waals surface area (Å²) in [5.41, 5.74) is 0. The van der Waals surface area contributed by atoms with Crippen LogP contribution in [0.2, 0.25) is 0 Å². The highest BCUT2D eigenvalue weighted by atomic mass is 32.2. The zero-order chi connectivity index (χ0) is 12.7. The fourth-order valence-corrected chi connectivity index (χ4v) is 2.16. The van der Waals surface area contributed by atoms with Crippen LogP contribution in [-0.4, -0.2) is 34.4 Å². The van der Waals surface area contributed by atoms with Crippen molar-refractivity contribution >= 4 is 17.7 Å². The molecule has 96 valence electrons. The fourth-order valence-electron chi connectivity index (χ4n) is 1.09. The average Bonchev–Trinajstić information content (AvgIpc) is 2.28. The summed E-state index contributed by atoms with van der Waals surface area (Å²) in [6, 6.07) is 0.388. The van der Waals surface area contributed by atoms with E-state index in [1.165, 1.54) is 0 Å². The molecule has 0 aliphatic rings. The van der Waals surface area contributed by atoms with E-state index in [1.54, 1.807) is 18.8 Å². The molecule has 0 amide bonds. The van der Waals surface area contributed by atoms with Gasteiger partial charge < -0.3 is 10.1 Å². The van der Waals surface area contributed by atoms with Crippen LogP contribution in [0.3, 0.4) is 0 Å². The van der Waals surface area contributed by atoms with Gasteiger partial charge in [-0.25, -0.2) is 0 Å². The molecule has 1 aromatic heterocycles. The lowest BCUT2D eigenvalue weighted by Crippen LogP contribution is -2.05. The maximum Gasteiger partial charge on any atom is 0.322 e. The zero-order valence-corrected chi connectivity index (χ0v) is 11.7. The number of ether oxygens (including phenoxy) is 1. The molecule has 0 aromatic carbocycles. The minimum atomic E-state index is 0.388. The standard InChI is InChI=1S/C11H20N4OS/c1-5-16-10-13-9(12-4)14-11(15-10)17-7-6-8(2)3/h8H,5-7H2,1-4H3,(H,12,13,14,15). The smallest absolute Gasteiger partial charge is 0.322 e. The van der Waals surface area contributed by atoms with Gasteiger partial charge in [-0.15, -0.1) is 0 Å². The Morgan fingerprint density at radius 2 is 2.06 bits per heavy atom. The summed E-state index contributed by atoms with van der Waals surface area (Å²) in [5.74, 6) is 2.26. The predicted molar refractivity (Wildman–Crippen MR) is 70.7 cm³/mol. The predicted octanol–water partition coefficient (Wildman–Crippen LogP) is 2.45. The van der Waals surface area contributed by atoms with E-state index in [4.69, 9.17) is 4.74 Å². The fraction of sp³-hybridized carbons (Fsp3) is 0.727. The lowest BCUT2D eigenvalue weighted by molar-refractivity contribution is 0.308. The van der Waals surface area contributed by atoms with Crippen LogP contribution in [0.4, 0.5) is 5.95 Å². The molecule has 0 spiro atoms. The van der Waals surface area contributed by atoms with Crippen LogP contribution in [0.1, 0.15) is 27.2 Å². The van der Waals surface area contributed by atoms with Gasteiger partial charge in [-0.2, -0.15) is 15.0 Å². The van der Waals surface area contributed by atoms with Crippen molar-refractivity contribution in [2.24, 2.45) is 5.92 Å². The summed E-state index contributed by atoms with van der Waals surface area (Å²) in [6.45, 7) is 6.88. The van der Waals surface area contributed by atoms with E-state index in [1.807, 2.05) is 6.92 Å². The molecular formula is C11H20N4OS. The summed E-state index contributed by atoms with van der Waals surface area (Å²) >= 11 is 1.64. The first-order valence-corrected chi connectivity index (χ1v) is 6.83. The summed E-state index contributed by atoms with van der Waals surface area (Å²) in [5, 5.41) is 3.63. The molecular weight excluding hydrogens is 236 g/mol. The Morgan fingerprint density at radius 1 is 1.29 bits per heavy atom. The Kier molecular flexibility index (Phi) is 6.04. The van der Waals surface area contributed by atoms with E-state index in [9.17, 15) is 0 Å². The molecule has 1 heterocycles. The first kappa shape index (κ1) is 14.0. The van der Waals surface area contributed by atoms with Crippen LogP contribution in [-0.2, 0) is 0 Å². The quantitative estimate of drug-likeness (QED) is 0.756. The van der Waals surface area contributed by atoms with Gasteiger partial charge >= 0.3 is 6.01 Å². The molecule has 1 aromatic rings. The molecule has 0 aliphatic carbocycles. The van der Waals surface area contributed by atoms with Gasteiger partial charge in [-0.05, 0) is 19.3 Å². The Morgan fingerprint density at radius 3 is 2.65 bits per heavy atom. The molecule has 0 saturated carbocycles. The molecule has 6 heteroatoms. The van der Waals surface area contributed by atoms with E-state index in [-0.39, 0.29) is 0 Å². The van der Waals surface area contributed by atoms with Crippen LogP contribution in [0.15, 0.2) is 5.16 Å².